The minimum Gasteiger partial charge on any atom is -0.299 e. The van der Waals surface area contributed by atoms with Gasteiger partial charge in [0.15, 0.2) is 0 Å². The number of hydrogen-bond donors (Lipinski definition) is 0. The summed E-state index contributed by atoms with van der Waals surface area (Å²) >= 11 is 0. The molecule has 0 saturated carbocycles. The summed E-state index contributed by atoms with van der Waals surface area (Å²) in [7, 11) is 3.74. The maximum atomic E-state index is 11.2. The van der Waals surface area contributed by atoms with E-state index >= 15 is 0 Å². The average molecular weight is 206 g/mol. The Morgan fingerprint density at radius 1 is 1.33 bits per heavy atom. The number of carbonyl (C=O) groups excluding carboxylic acids is 1. The molecule has 0 aliphatic carbocycles. The SMILES string of the molecule is CCSSCCCC(=O)C(C)C. The maximum Gasteiger partial charge on any atom is 0.135 e. The number of rotatable bonds is 7. The zero-order valence-electron chi connectivity index (χ0n) is 8.13. The summed E-state index contributed by atoms with van der Waals surface area (Å²) in [5.74, 6) is 2.88. The van der Waals surface area contributed by atoms with Crippen LogP contribution < -0.4 is 0 Å². The van der Waals surface area contributed by atoms with Crippen molar-refractivity contribution >= 4 is 27.4 Å². The molecule has 0 spiro atoms. The molecule has 3 heteroatoms. The normalized spacial score (nSPS) is 10.7. The molecular formula is C9H18OS2. The third kappa shape index (κ3) is 7.04. The van der Waals surface area contributed by atoms with Crippen molar-refractivity contribution in [3.63, 3.8) is 0 Å². The molecule has 0 fully saturated rings. The Labute approximate surface area is 83.5 Å². The molecule has 12 heavy (non-hydrogen) atoms. The highest BCUT2D eigenvalue weighted by atomic mass is 33.1. The maximum absolute atomic E-state index is 11.2. The van der Waals surface area contributed by atoms with Gasteiger partial charge in [-0.15, -0.1) is 0 Å². The molecule has 0 bridgehead atoms. The van der Waals surface area contributed by atoms with E-state index in [1.165, 1.54) is 0 Å². The molecule has 0 radical (unpaired) electrons. The van der Waals surface area contributed by atoms with Crippen molar-refractivity contribution in [3.05, 3.63) is 0 Å². The van der Waals surface area contributed by atoms with Gasteiger partial charge in [0.05, 0.1) is 0 Å². The predicted molar refractivity (Wildman–Crippen MR) is 59.7 cm³/mol. The molecule has 0 unspecified atom stereocenters. The summed E-state index contributed by atoms with van der Waals surface area (Å²) < 4.78 is 0. The highest BCUT2D eigenvalue weighted by molar-refractivity contribution is 8.76. The minimum atomic E-state index is 0.217. The van der Waals surface area contributed by atoms with Gasteiger partial charge in [0.1, 0.15) is 5.78 Å². The molecule has 72 valence electrons. The fourth-order valence-corrected chi connectivity index (χ4v) is 2.49. The Morgan fingerprint density at radius 2 is 2.00 bits per heavy atom. The van der Waals surface area contributed by atoms with Crippen molar-refractivity contribution in [1.29, 1.82) is 0 Å². The number of hydrogen-bond acceptors (Lipinski definition) is 3. The first-order valence-corrected chi connectivity index (χ1v) is 6.94. The molecule has 0 atom stereocenters. The van der Waals surface area contributed by atoms with Crippen LogP contribution >= 0.6 is 21.6 Å². The second-order valence-electron chi connectivity index (χ2n) is 2.95. The lowest BCUT2D eigenvalue weighted by atomic mass is 10.1. The molecule has 0 aromatic rings. The Balaban J connectivity index is 3.14. The van der Waals surface area contributed by atoms with E-state index in [-0.39, 0.29) is 5.92 Å². The smallest absolute Gasteiger partial charge is 0.135 e. The zero-order chi connectivity index (χ0) is 9.40. The second-order valence-corrected chi connectivity index (χ2v) is 5.82. The molecule has 0 aliphatic heterocycles. The van der Waals surface area contributed by atoms with E-state index in [4.69, 9.17) is 0 Å². The summed E-state index contributed by atoms with van der Waals surface area (Å²) in [6, 6.07) is 0. The molecule has 0 amide bonds. The monoisotopic (exact) mass is 206 g/mol. The summed E-state index contributed by atoms with van der Waals surface area (Å²) in [4.78, 5) is 11.2. The third-order valence-corrected chi connectivity index (χ3v) is 4.06. The molecular weight excluding hydrogens is 188 g/mol. The van der Waals surface area contributed by atoms with E-state index in [1.54, 1.807) is 0 Å². The van der Waals surface area contributed by atoms with Gasteiger partial charge in [0.25, 0.3) is 0 Å². The molecule has 0 saturated heterocycles. The molecule has 1 nitrogen and oxygen atoms in total. The fourth-order valence-electron chi connectivity index (χ4n) is 0.736. The van der Waals surface area contributed by atoms with Crippen LogP contribution in [0, 0.1) is 5.92 Å². The van der Waals surface area contributed by atoms with Crippen LogP contribution in [-0.4, -0.2) is 17.3 Å². The molecule has 0 aromatic heterocycles. The van der Waals surface area contributed by atoms with Gasteiger partial charge < -0.3 is 0 Å². The molecule has 0 aromatic carbocycles. The molecule has 0 aliphatic rings. The highest BCUT2D eigenvalue weighted by Crippen LogP contribution is 2.21. The van der Waals surface area contributed by atoms with Crippen molar-refractivity contribution in [2.45, 2.75) is 33.6 Å². The van der Waals surface area contributed by atoms with Crippen LogP contribution in [0.2, 0.25) is 0 Å². The van der Waals surface area contributed by atoms with Crippen molar-refractivity contribution in [1.82, 2.24) is 0 Å². The van der Waals surface area contributed by atoms with Crippen LogP contribution in [-0.2, 0) is 4.79 Å². The zero-order valence-corrected chi connectivity index (χ0v) is 9.76. The van der Waals surface area contributed by atoms with Crippen LogP contribution in [0.25, 0.3) is 0 Å². The van der Waals surface area contributed by atoms with Crippen molar-refractivity contribution in [2.24, 2.45) is 5.92 Å². The van der Waals surface area contributed by atoms with Crippen molar-refractivity contribution < 1.29 is 4.79 Å². The van der Waals surface area contributed by atoms with Crippen LogP contribution in [0.1, 0.15) is 33.6 Å². The van der Waals surface area contributed by atoms with E-state index < -0.39 is 0 Å². The quantitative estimate of drug-likeness (QED) is 0.469. The van der Waals surface area contributed by atoms with Gasteiger partial charge in [-0.25, -0.2) is 0 Å². The lowest BCUT2D eigenvalue weighted by Crippen LogP contribution is -2.06. The lowest BCUT2D eigenvalue weighted by molar-refractivity contribution is -0.121. The number of carbonyl (C=O) groups is 1. The topological polar surface area (TPSA) is 17.1 Å². The van der Waals surface area contributed by atoms with Gasteiger partial charge in [-0.3, -0.25) is 4.79 Å². The van der Waals surface area contributed by atoms with Gasteiger partial charge in [-0.05, 0) is 6.42 Å². The summed E-state index contributed by atoms with van der Waals surface area (Å²) in [5.41, 5.74) is 0. The van der Waals surface area contributed by atoms with Gasteiger partial charge in [-0.1, -0.05) is 42.4 Å². The van der Waals surface area contributed by atoms with Crippen LogP contribution in [0.15, 0.2) is 0 Å². The van der Waals surface area contributed by atoms with Crippen LogP contribution in [0.3, 0.4) is 0 Å². The molecule has 0 rings (SSSR count). The van der Waals surface area contributed by atoms with Gasteiger partial charge >= 0.3 is 0 Å². The lowest BCUT2D eigenvalue weighted by Gasteiger charge is -2.02. The molecule has 0 heterocycles. The van der Waals surface area contributed by atoms with E-state index in [2.05, 4.69) is 6.92 Å². The van der Waals surface area contributed by atoms with E-state index in [0.29, 0.717) is 5.78 Å². The Morgan fingerprint density at radius 3 is 2.50 bits per heavy atom. The minimum absolute atomic E-state index is 0.217. The van der Waals surface area contributed by atoms with Gasteiger partial charge in [0, 0.05) is 23.8 Å². The highest BCUT2D eigenvalue weighted by Gasteiger charge is 2.05. The standard InChI is InChI=1S/C9H18OS2/c1-4-11-12-7-5-6-9(10)8(2)3/h8H,4-7H2,1-3H3. The summed E-state index contributed by atoms with van der Waals surface area (Å²) in [6.07, 6.45) is 1.80. The average Bonchev–Trinajstić information content (AvgIpc) is 2.03. The Hall–Kier alpha value is 0.370. The van der Waals surface area contributed by atoms with Crippen LogP contribution in [0.4, 0.5) is 0 Å². The number of ketones is 1. The first-order valence-electron chi connectivity index (χ1n) is 4.45. The Bertz CT molecular complexity index is 124. The molecule has 0 N–H and O–H groups in total. The van der Waals surface area contributed by atoms with E-state index in [9.17, 15) is 4.79 Å². The van der Waals surface area contributed by atoms with Crippen molar-refractivity contribution in [2.75, 3.05) is 11.5 Å². The first kappa shape index (κ1) is 12.4. The second kappa shape index (κ2) is 7.99. The summed E-state index contributed by atoms with van der Waals surface area (Å²) in [5, 5.41) is 0. The fraction of sp³-hybridized carbons (Fsp3) is 0.889. The van der Waals surface area contributed by atoms with Gasteiger partial charge in [0.2, 0.25) is 0 Å². The van der Waals surface area contributed by atoms with Crippen LogP contribution in [0.5, 0.6) is 0 Å². The van der Waals surface area contributed by atoms with E-state index in [1.807, 2.05) is 35.4 Å². The van der Waals surface area contributed by atoms with Crippen molar-refractivity contribution in [3.8, 4) is 0 Å². The number of Topliss-reactive ketones (excluding diaryl/α,β-unsaturated/α-hetero) is 1. The van der Waals surface area contributed by atoms with E-state index in [0.717, 1.165) is 24.3 Å². The Kier molecular flexibility index (Phi) is 8.24. The summed E-state index contributed by atoms with van der Waals surface area (Å²) in [6.45, 7) is 6.09. The first-order chi connectivity index (χ1) is 5.68. The predicted octanol–water partition coefficient (Wildman–Crippen LogP) is 3.39. The third-order valence-electron chi connectivity index (χ3n) is 1.50. The van der Waals surface area contributed by atoms with Gasteiger partial charge in [-0.2, -0.15) is 0 Å². The largest absolute Gasteiger partial charge is 0.299 e.